The van der Waals surface area contributed by atoms with Crippen molar-refractivity contribution in [1.29, 1.82) is 0 Å². The van der Waals surface area contributed by atoms with Crippen molar-refractivity contribution in [3.63, 3.8) is 0 Å². The maximum Gasteiger partial charge on any atom is 0.183 e. The van der Waals surface area contributed by atoms with Gasteiger partial charge < -0.3 is 24.6 Å². The third kappa shape index (κ3) is 3.04. The normalized spacial score (nSPS) is 38.9. The van der Waals surface area contributed by atoms with Crippen molar-refractivity contribution in [2.24, 2.45) is 0 Å². The molecule has 14 heavy (non-hydrogen) atoms. The molecule has 5 nitrogen and oxygen atoms in total. The lowest BCUT2D eigenvalue weighted by molar-refractivity contribution is -0.127. The fourth-order valence-electron chi connectivity index (χ4n) is 1.41. The average Bonchev–Trinajstić information content (AvgIpc) is 2.28. The van der Waals surface area contributed by atoms with Crippen LogP contribution in [0.25, 0.3) is 0 Å². The van der Waals surface area contributed by atoms with E-state index in [1.807, 2.05) is 0 Å². The molecule has 2 unspecified atom stereocenters. The monoisotopic (exact) mass is 224 g/mol. The van der Waals surface area contributed by atoms with Gasteiger partial charge in [-0.2, -0.15) is 0 Å². The van der Waals surface area contributed by atoms with Crippen molar-refractivity contribution in [2.45, 2.75) is 31.0 Å². The van der Waals surface area contributed by atoms with Gasteiger partial charge in [-0.3, -0.25) is 0 Å². The zero-order valence-electron chi connectivity index (χ0n) is 8.33. The van der Waals surface area contributed by atoms with E-state index in [0.29, 0.717) is 12.6 Å². The van der Waals surface area contributed by atoms with Crippen LogP contribution < -0.4 is 0 Å². The molecule has 0 aromatic rings. The zero-order chi connectivity index (χ0) is 10.9. The first kappa shape index (κ1) is 12.1. The molecule has 1 rings (SSSR count). The average molecular weight is 224 g/mol. The van der Waals surface area contributed by atoms with Crippen molar-refractivity contribution in [3.8, 4) is 0 Å². The number of hydrogen-bond donors (Lipinski definition) is 3. The Morgan fingerprint density at radius 2 is 1.79 bits per heavy atom. The molecule has 1 fully saturated rings. The molecule has 6 heteroatoms. The lowest BCUT2D eigenvalue weighted by Crippen LogP contribution is -2.32. The Hall–Kier alpha value is 0.0700. The van der Waals surface area contributed by atoms with Gasteiger partial charge in [-0.25, -0.2) is 0 Å². The Kier molecular flexibility index (Phi) is 3.72. The van der Waals surface area contributed by atoms with Crippen LogP contribution in [0, 0.1) is 0 Å². The topological polar surface area (TPSA) is 87.0 Å². The molecule has 0 spiro atoms. The van der Waals surface area contributed by atoms with E-state index < -0.39 is 31.7 Å². The Balaban J connectivity index is 2.44. The summed E-state index contributed by atoms with van der Waals surface area (Å²) in [5.74, 6) is 0. The second-order valence-corrected chi connectivity index (χ2v) is 7.73. The van der Waals surface area contributed by atoms with E-state index in [0.717, 1.165) is 0 Å². The number of hydrogen-bond acceptors (Lipinski definition) is 5. The van der Waals surface area contributed by atoms with E-state index in [1.165, 1.54) is 0 Å². The lowest BCUT2D eigenvalue weighted by atomic mass is 10.1. The minimum absolute atomic E-state index is 0.388. The second kappa shape index (κ2) is 4.29. The van der Waals surface area contributed by atoms with Crippen LogP contribution in [-0.2, 0) is 9.30 Å². The second-order valence-electron chi connectivity index (χ2n) is 4.13. The van der Waals surface area contributed by atoms with Crippen LogP contribution in [0.3, 0.4) is 0 Å². The van der Waals surface area contributed by atoms with Gasteiger partial charge in [0.25, 0.3) is 0 Å². The molecule has 1 heterocycles. The van der Waals surface area contributed by atoms with E-state index in [2.05, 4.69) is 0 Å². The summed E-state index contributed by atoms with van der Waals surface area (Å²) in [6, 6.07) is 0. The Morgan fingerprint density at radius 1 is 1.21 bits per heavy atom. The first-order valence-corrected chi connectivity index (χ1v) is 7.33. The maximum absolute atomic E-state index is 11.4. The Morgan fingerprint density at radius 3 is 2.14 bits per heavy atom. The first-order chi connectivity index (χ1) is 6.31. The van der Waals surface area contributed by atoms with Crippen LogP contribution in [-0.4, -0.2) is 59.4 Å². The largest absolute Gasteiger partial charge is 0.387 e. The van der Waals surface area contributed by atoms with Gasteiger partial charge >= 0.3 is 0 Å². The molecule has 3 N–H and O–H groups in total. The third-order valence-electron chi connectivity index (χ3n) is 2.29. The highest BCUT2D eigenvalue weighted by Crippen LogP contribution is 2.38. The van der Waals surface area contributed by atoms with Gasteiger partial charge in [0.1, 0.15) is 12.2 Å². The standard InChI is InChI=1S/C8H17O5P/c1-14(2,12)4-3-5-6(9)7(10)8(11)13-5/h5-11H,3-4H2,1-2H3/t5-,6?,7+,8?/m1/s1. The van der Waals surface area contributed by atoms with Crippen molar-refractivity contribution in [2.75, 3.05) is 19.5 Å². The van der Waals surface area contributed by atoms with Crippen LogP contribution in [0.5, 0.6) is 0 Å². The molecule has 0 radical (unpaired) electrons. The number of aliphatic hydroxyl groups is 3. The molecule has 0 aromatic heterocycles. The van der Waals surface area contributed by atoms with E-state index in [9.17, 15) is 14.8 Å². The molecule has 4 atom stereocenters. The minimum atomic E-state index is -2.14. The fraction of sp³-hybridized carbons (Fsp3) is 1.00. The quantitative estimate of drug-likeness (QED) is 0.559. The number of ether oxygens (including phenoxy) is 1. The van der Waals surface area contributed by atoms with Crippen molar-refractivity contribution >= 4 is 7.14 Å². The highest BCUT2D eigenvalue weighted by atomic mass is 31.2. The Labute approximate surface area is 83.1 Å². The molecular formula is C8H17O5P. The summed E-state index contributed by atoms with van der Waals surface area (Å²) in [7, 11) is -2.14. The molecule has 1 saturated heterocycles. The van der Waals surface area contributed by atoms with Crippen molar-refractivity contribution in [3.05, 3.63) is 0 Å². The summed E-state index contributed by atoms with van der Waals surface area (Å²) in [6.07, 6.45) is -3.46. The molecule has 0 bridgehead atoms. The van der Waals surface area contributed by atoms with Crippen molar-refractivity contribution < 1.29 is 24.6 Å². The highest BCUT2D eigenvalue weighted by Gasteiger charge is 2.41. The molecule has 0 aliphatic carbocycles. The summed E-state index contributed by atoms with van der Waals surface area (Å²) >= 11 is 0. The van der Waals surface area contributed by atoms with Gasteiger partial charge in [0, 0.05) is 6.16 Å². The van der Waals surface area contributed by atoms with Crippen LogP contribution in [0.2, 0.25) is 0 Å². The molecule has 84 valence electrons. The number of rotatable bonds is 3. The molecule has 0 aromatic carbocycles. The fourth-order valence-corrected chi connectivity index (χ4v) is 2.28. The van der Waals surface area contributed by atoms with E-state index >= 15 is 0 Å². The van der Waals surface area contributed by atoms with Gasteiger partial charge in [-0.05, 0) is 19.8 Å². The molecule has 0 amide bonds. The predicted octanol–water partition coefficient (Wildman–Crippen LogP) is -0.562. The number of aliphatic hydroxyl groups excluding tert-OH is 3. The smallest absolute Gasteiger partial charge is 0.183 e. The Bertz CT molecular complexity index is 238. The van der Waals surface area contributed by atoms with Gasteiger partial charge in [-0.15, -0.1) is 0 Å². The van der Waals surface area contributed by atoms with E-state index in [-0.39, 0.29) is 0 Å². The van der Waals surface area contributed by atoms with Gasteiger partial charge in [0.15, 0.2) is 6.29 Å². The minimum Gasteiger partial charge on any atom is -0.387 e. The van der Waals surface area contributed by atoms with Crippen LogP contribution in [0.4, 0.5) is 0 Å². The van der Waals surface area contributed by atoms with E-state index in [4.69, 9.17) is 9.84 Å². The van der Waals surface area contributed by atoms with Gasteiger partial charge in [0.2, 0.25) is 0 Å². The molecule has 0 saturated carbocycles. The zero-order valence-corrected chi connectivity index (χ0v) is 9.22. The highest BCUT2D eigenvalue weighted by molar-refractivity contribution is 7.62. The lowest BCUT2D eigenvalue weighted by Gasteiger charge is -2.15. The van der Waals surface area contributed by atoms with Gasteiger partial charge in [0.05, 0.1) is 13.2 Å². The molecule has 1 aliphatic heterocycles. The molecular weight excluding hydrogens is 207 g/mol. The van der Waals surface area contributed by atoms with Crippen LogP contribution >= 0.6 is 7.14 Å². The summed E-state index contributed by atoms with van der Waals surface area (Å²) in [4.78, 5) is 0. The molecule has 1 aliphatic rings. The van der Waals surface area contributed by atoms with Crippen LogP contribution in [0.1, 0.15) is 6.42 Å². The van der Waals surface area contributed by atoms with E-state index in [1.54, 1.807) is 13.3 Å². The predicted molar refractivity (Wildman–Crippen MR) is 51.8 cm³/mol. The third-order valence-corrected chi connectivity index (χ3v) is 3.62. The van der Waals surface area contributed by atoms with Crippen molar-refractivity contribution in [1.82, 2.24) is 0 Å². The summed E-state index contributed by atoms with van der Waals surface area (Å²) in [6.45, 7) is 3.31. The first-order valence-electron chi connectivity index (χ1n) is 4.55. The SMILES string of the molecule is CP(C)(=O)CC[C@H]1OC(O)[C@@H](O)C1O. The van der Waals surface area contributed by atoms with Crippen LogP contribution in [0.15, 0.2) is 0 Å². The van der Waals surface area contributed by atoms with Gasteiger partial charge in [-0.1, -0.05) is 0 Å². The maximum atomic E-state index is 11.4. The summed E-state index contributed by atoms with van der Waals surface area (Å²) in [5, 5.41) is 27.6. The summed E-state index contributed by atoms with van der Waals surface area (Å²) < 4.78 is 16.3. The summed E-state index contributed by atoms with van der Waals surface area (Å²) in [5.41, 5.74) is 0.